The maximum atomic E-state index is 6.78. The number of hydrogen-bond donors (Lipinski definition) is 0. The molecule has 0 saturated heterocycles. The molecule has 3 spiro atoms. The molecule has 79 heavy (non-hydrogen) atoms. The standard InChI is InChI=1S/C75H45NOS2/c1-4-23-53-48(20-1)50-42-40-47(45-64(50)75(53)61-30-11-17-38-70(61)79-71-39-18-12-31-62(71)75)76(46-41-43-56-52(44-46)49-21-2-5-24-54(49)73(56)57-26-7-13-34-66(57)77-67-35-14-8-27-58(67)73)65-33-19-32-63-72(65)51-22-3-6-25-55(51)74(63)59-28-9-15-36-68(59)78-69-37-16-10-29-60(69)74/h1-45H. The molecule has 0 aromatic heterocycles. The quantitative estimate of drug-likeness (QED) is 0.175. The lowest BCUT2D eigenvalue weighted by atomic mass is 9.66. The summed E-state index contributed by atoms with van der Waals surface area (Å²) in [6.45, 7) is 0. The van der Waals surface area contributed by atoms with E-state index in [1.54, 1.807) is 0 Å². The molecule has 18 rings (SSSR count). The first kappa shape index (κ1) is 44.0. The van der Waals surface area contributed by atoms with Gasteiger partial charge in [0.05, 0.1) is 21.9 Å². The zero-order chi connectivity index (χ0) is 51.6. The summed E-state index contributed by atoms with van der Waals surface area (Å²) in [4.78, 5) is 7.78. The number of ether oxygens (including phenoxy) is 1. The number of nitrogens with zero attached hydrogens (tertiary/aromatic N) is 1. The van der Waals surface area contributed by atoms with Crippen molar-refractivity contribution in [1.29, 1.82) is 0 Å². The minimum atomic E-state index is -0.592. The average molecular weight is 1040 g/mol. The van der Waals surface area contributed by atoms with E-state index in [1.807, 2.05) is 23.5 Å². The second kappa shape index (κ2) is 16.0. The molecular weight excluding hydrogens is 995 g/mol. The molecular formula is C75H45NOS2. The van der Waals surface area contributed by atoms with Crippen LogP contribution in [0.3, 0.4) is 0 Å². The minimum absolute atomic E-state index is 0.546. The van der Waals surface area contributed by atoms with Gasteiger partial charge in [0.2, 0.25) is 0 Å². The Hall–Kier alpha value is -9.06. The van der Waals surface area contributed by atoms with E-state index in [0.29, 0.717) is 0 Å². The lowest BCUT2D eigenvalue weighted by Gasteiger charge is -2.40. The summed E-state index contributed by atoms with van der Waals surface area (Å²) in [6.07, 6.45) is 0. The van der Waals surface area contributed by atoms with Gasteiger partial charge >= 0.3 is 0 Å². The predicted molar refractivity (Wildman–Crippen MR) is 321 cm³/mol. The molecule has 3 aliphatic heterocycles. The highest BCUT2D eigenvalue weighted by atomic mass is 32.2. The molecule has 0 N–H and O–H groups in total. The van der Waals surface area contributed by atoms with E-state index in [2.05, 4.69) is 278 Å². The maximum Gasteiger partial charge on any atom is 0.132 e. The van der Waals surface area contributed by atoms with Gasteiger partial charge in [0, 0.05) is 47.6 Å². The van der Waals surface area contributed by atoms with Crippen LogP contribution in [0.2, 0.25) is 0 Å². The lowest BCUT2D eigenvalue weighted by Crippen LogP contribution is -2.32. The predicted octanol–water partition coefficient (Wildman–Crippen LogP) is 19.3. The lowest BCUT2D eigenvalue weighted by molar-refractivity contribution is 0.436. The molecule has 3 heterocycles. The van der Waals surface area contributed by atoms with Gasteiger partial charge in [-0.3, -0.25) is 0 Å². The van der Waals surface area contributed by atoms with Crippen LogP contribution in [0.25, 0.3) is 33.4 Å². The second-order valence-corrected chi connectivity index (χ2v) is 23.8. The van der Waals surface area contributed by atoms with Crippen LogP contribution in [0.4, 0.5) is 17.1 Å². The highest BCUT2D eigenvalue weighted by Crippen LogP contribution is 2.68. The first-order valence-corrected chi connectivity index (χ1v) is 28.9. The van der Waals surface area contributed by atoms with Gasteiger partial charge in [-0.05, 0) is 150 Å². The molecule has 12 aromatic carbocycles. The Morgan fingerprint density at radius 2 is 0.620 bits per heavy atom. The summed E-state index contributed by atoms with van der Waals surface area (Å²) in [5, 5.41) is 0. The van der Waals surface area contributed by atoms with Crippen molar-refractivity contribution in [2.45, 2.75) is 35.8 Å². The highest BCUT2D eigenvalue weighted by Gasteiger charge is 2.54. The Labute approximate surface area is 467 Å². The third-order valence-corrected chi connectivity index (χ3v) is 20.6. The van der Waals surface area contributed by atoms with Crippen LogP contribution in [0.15, 0.2) is 293 Å². The number of hydrogen-bond acceptors (Lipinski definition) is 4. The van der Waals surface area contributed by atoms with Crippen molar-refractivity contribution < 1.29 is 4.74 Å². The number of benzene rings is 12. The van der Waals surface area contributed by atoms with Gasteiger partial charge in [0.25, 0.3) is 0 Å². The Bertz CT molecular complexity index is 4510. The van der Waals surface area contributed by atoms with Crippen molar-refractivity contribution in [2.24, 2.45) is 0 Å². The van der Waals surface area contributed by atoms with Gasteiger partial charge in [-0.15, -0.1) is 0 Å². The molecule has 6 aliphatic rings. The summed E-state index contributed by atoms with van der Waals surface area (Å²) in [5.41, 5.74) is 24.6. The van der Waals surface area contributed by atoms with Gasteiger partial charge in [0.1, 0.15) is 11.5 Å². The van der Waals surface area contributed by atoms with Crippen LogP contribution in [-0.2, 0) is 16.2 Å². The molecule has 368 valence electrons. The van der Waals surface area contributed by atoms with Gasteiger partial charge in [-0.25, -0.2) is 0 Å². The van der Waals surface area contributed by atoms with E-state index in [4.69, 9.17) is 4.74 Å². The van der Waals surface area contributed by atoms with Crippen LogP contribution >= 0.6 is 23.5 Å². The summed E-state index contributed by atoms with van der Waals surface area (Å²) in [5.74, 6) is 1.78. The zero-order valence-electron chi connectivity index (χ0n) is 42.7. The van der Waals surface area contributed by atoms with Crippen molar-refractivity contribution in [1.82, 2.24) is 0 Å². The molecule has 0 unspecified atom stereocenters. The fraction of sp³-hybridized carbons (Fsp3) is 0.0400. The van der Waals surface area contributed by atoms with Crippen LogP contribution in [0, 0.1) is 0 Å². The van der Waals surface area contributed by atoms with Gasteiger partial charge in [-0.2, -0.15) is 0 Å². The van der Waals surface area contributed by atoms with Crippen LogP contribution in [0.1, 0.15) is 66.8 Å². The van der Waals surface area contributed by atoms with Crippen LogP contribution < -0.4 is 9.64 Å². The van der Waals surface area contributed by atoms with Crippen molar-refractivity contribution >= 4 is 40.6 Å². The molecule has 3 aliphatic carbocycles. The number of para-hydroxylation sites is 2. The molecule has 0 fully saturated rings. The van der Waals surface area contributed by atoms with E-state index >= 15 is 0 Å². The largest absolute Gasteiger partial charge is 0.457 e. The third kappa shape index (κ3) is 5.46. The molecule has 0 amide bonds. The summed E-state index contributed by atoms with van der Waals surface area (Å²) < 4.78 is 6.78. The van der Waals surface area contributed by atoms with E-state index in [9.17, 15) is 0 Å². The molecule has 0 radical (unpaired) electrons. The summed E-state index contributed by atoms with van der Waals surface area (Å²) in [6, 6.07) is 103. The Balaban J connectivity index is 0.950. The summed E-state index contributed by atoms with van der Waals surface area (Å²) >= 11 is 3.78. The van der Waals surface area contributed by atoms with Crippen molar-refractivity contribution in [2.75, 3.05) is 4.90 Å². The topological polar surface area (TPSA) is 12.5 Å². The molecule has 12 aromatic rings. The fourth-order valence-corrected chi connectivity index (χ4v) is 17.8. The zero-order valence-corrected chi connectivity index (χ0v) is 44.3. The SMILES string of the molecule is c1ccc2c(c1)Oc1ccccc1C21c2ccccc2-c2cc(N(c3ccc4c(c3)C3(c5ccccc5Sc5ccccc53)c3ccccc3-4)c3cccc4c3-c3ccccc3C43c4ccccc4Sc4ccccc43)ccc21. The Kier molecular flexibility index (Phi) is 8.92. The molecule has 0 saturated carbocycles. The first-order chi connectivity index (χ1) is 39.2. The number of anilines is 3. The highest BCUT2D eigenvalue weighted by molar-refractivity contribution is 7.99. The molecule has 4 heteroatoms. The normalized spacial score (nSPS) is 15.4. The number of fused-ring (bicyclic) bond motifs is 27. The van der Waals surface area contributed by atoms with E-state index < -0.39 is 16.2 Å². The number of rotatable bonds is 3. The third-order valence-electron chi connectivity index (χ3n) is 18.3. The van der Waals surface area contributed by atoms with E-state index in [-0.39, 0.29) is 0 Å². The monoisotopic (exact) mass is 1040 g/mol. The Morgan fingerprint density at radius 1 is 0.253 bits per heavy atom. The Morgan fingerprint density at radius 3 is 1.18 bits per heavy atom. The van der Waals surface area contributed by atoms with Crippen molar-refractivity contribution in [3.8, 4) is 44.9 Å². The first-order valence-electron chi connectivity index (χ1n) is 27.3. The smallest absolute Gasteiger partial charge is 0.132 e. The van der Waals surface area contributed by atoms with Gasteiger partial charge in [-0.1, -0.05) is 230 Å². The average Bonchev–Trinajstić information content (AvgIpc) is 4.30. The van der Waals surface area contributed by atoms with Crippen molar-refractivity contribution in [3.05, 3.63) is 340 Å². The van der Waals surface area contributed by atoms with E-state index in [0.717, 1.165) is 39.7 Å². The molecule has 2 nitrogen and oxygen atoms in total. The van der Waals surface area contributed by atoms with E-state index in [1.165, 1.54) is 109 Å². The molecule has 0 bridgehead atoms. The summed E-state index contributed by atoms with van der Waals surface area (Å²) in [7, 11) is 0. The van der Waals surface area contributed by atoms with Gasteiger partial charge in [0.15, 0.2) is 0 Å². The van der Waals surface area contributed by atoms with Gasteiger partial charge < -0.3 is 9.64 Å². The molecule has 0 atom stereocenters. The maximum absolute atomic E-state index is 6.78. The second-order valence-electron chi connectivity index (χ2n) is 21.7. The van der Waals surface area contributed by atoms with Crippen LogP contribution in [0.5, 0.6) is 11.5 Å². The minimum Gasteiger partial charge on any atom is -0.457 e. The fourth-order valence-electron chi connectivity index (χ4n) is 15.5. The van der Waals surface area contributed by atoms with Crippen LogP contribution in [-0.4, -0.2) is 0 Å². The van der Waals surface area contributed by atoms with Crippen molar-refractivity contribution in [3.63, 3.8) is 0 Å².